The number of hydrogen-bond acceptors (Lipinski definition) is 15. The van der Waals surface area contributed by atoms with Gasteiger partial charge in [-0.1, -0.05) is 0 Å². The molecule has 0 saturated carbocycles. The molecule has 2 aliphatic heterocycles. The summed E-state index contributed by atoms with van der Waals surface area (Å²) in [7, 11) is 0. The zero-order valence-corrected chi connectivity index (χ0v) is 17.6. The second-order valence-corrected chi connectivity index (χ2v) is 8.24. The molecule has 2 rings (SSSR count). The Morgan fingerprint density at radius 3 is 2.06 bits per heavy atom. The molecule has 13 atom stereocenters. The predicted octanol–water partition coefficient (Wildman–Crippen LogP) is -6.97. The van der Waals surface area contributed by atoms with Gasteiger partial charge in [0.1, 0.15) is 54.9 Å². The highest BCUT2D eigenvalue weighted by Gasteiger charge is 2.57. The highest BCUT2D eigenvalue weighted by molar-refractivity contribution is 5.87. The van der Waals surface area contributed by atoms with Crippen molar-refractivity contribution in [2.24, 2.45) is 0 Å². The molecule has 11 N–H and O–H groups in total. The SMILES string of the molecule is CC(O)C(O)C(O)CC(=O)[C@@]1(O)O[C@H](CO[C@H]2OC(CO)C(O)[C@H](O)C2O)[C@@H](O)[C@H](O)[C@H]1O. The molecular weight excluding hydrogens is 456 g/mol. The van der Waals surface area contributed by atoms with Gasteiger partial charge in [-0.15, -0.1) is 0 Å². The Labute approximate surface area is 187 Å². The van der Waals surface area contributed by atoms with Crippen LogP contribution in [0.25, 0.3) is 0 Å². The Hall–Kier alpha value is -0.890. The molecule has 2 aliphatic rings. The van der Waals surface area contributed by atoms with Crippen LogP contribution in [0.4, 0.5) is 0 Å². The number of aliphatic hydroxyl groups excluding tert-OH is 10. The molecule has 15 heteroatoms. The number of Topliss-reactive ketones (excluding diaryl/α,β-unsaturated/α-hetero) is 1. The van der Waals surface area contributed by atoms with Crippen molar-refractivity contribution in [2.75, 3.05) is 13.2 Å². The summed E-state index contributed by atoms with van der Waals surface area (Å²) in [6, 6.07) is 0. The van der Waals surface area contributed by atoms with Crippen LogP contribution in [0.5, 0.6) is 0 Å². The fourth-order valence-electron chi connectivity index (χ4n) is 3.54. The van der Waals surface area contributed by atoms with E-state index in [1.807, 2.05) is 0 Å². The average Bonchev–Trinajstić information content (AvgIpc) is 2.77. The highest BCUT2D eigenvalue weighted by Crippen LogP contribution is 2.32. The zero-order chi connectivity index (χ0) is 25.2. The normalized spacial score (nSPS) is 44.8. The third-order valence-electron chi connectivity index (χ3n) is 5.74. The van der Waals surface area contributed by atoms with Crippen molar-refractivity contribution in [3.63, 3.8) is 0 Å². The molecule has 2 heterocycles. The lowest BCUT2D eigenvalue weighted by atomic mass is 9.87. The molecule has 33 heavy (non-hydrogen) atoms. The van der Waals surface area contributed by atoms with Crippen molar-refractivity contribution < 1.29 is 75.2 Å². The number of carbonyl (C=O) groups excluding carboxylic acids is 1. The molecule has 2 fully saturated rings. The molecule has 0 aromatic rings. The summed E-state index contributed by atoms with van der Waals surface area (Å²) in [4.78, 5) is 12.5. The van der Waals surface area contributed by atoms with Crippen molar-refractivity contribution in [1.29, 1.82) is 0 Å². The van der Waals surface area contributed by atoms with Crippen LogP contribution in [-0.2, 0) is 19.0 Å². The summed E-state index contributed by atoms with van der Waals surface area (Å²) in [6.07, 6.45) is -22.5. The first-order chi connectivity index (χ1) is 15.3. The van der Waals surface area contributed by atoms with Gasteiger partial charge in [0.15, 0.2) is 12.1 Å². The largest absolute Gasteiger partial charge is 0.394 e. The lowest BCUT2D eigenvalue weighted by molar-refractivity contribution is -0.348. The number of hydrogen-bond donors (Lipinski definition) is 11. The van der Waals surface area contributed by atoms with Gasteiger partial charge >= 0.3 is 0 Å². The van der Waals surface area contributed by atoms with Crippen LogP contribution in [0, 0.1) is 0 Å². The molecule has 0 aliphatic carbocycles. The van der Waals surface area contributed by atoms with E-state index >= 15 is 0 Å². The van der Waals surface area contributed by atoms with Gasteiger partial charge in [-0.05, 0) is 6.92 Å². The lowest BCUT2D eigenvalue weighted by Gasteiger charge is -2.45. The van der Waals surface area contributed by atoms with Crippen LogP contribution >= 0.6 is 0 Å². The minimum atomic E-state index is -3.17. The summed E-state index contributed by atoms with van der Waals surface area (Å²) >= 11 is 0. The van der Waals surface area contributed by atoms with Gasteiger partial charge in [-0.25, -0.2) is 0 Å². The summed E-state index contributed by atoms with van der Waals surface area (Å²) < 4.78 is 15.4. The first-order valence-electron chi connectivity index (χ1n) is 10.2. The van der Waals surface area contributed by atoms with Crippen molar-refractivity contribution in [3.8, 4) is 0 Å². The van der Waals surface area contributed by atoms with Crippen molar-refractivity contribution in [2.45, 2.75) is 92.6 Å². The fraction of sp³-hybridized carbons (Fsp3) is 0.944. The molecule has 0 aromatic carbocycles. The van der Waals surface area contributed by atoms with E-state index in [0.29, 0.717) is 0 Å². The monoisotopic (exact) mass is 488 g/mol. The van der Waals surface area contributed by atoms with Gasteiger partial charge in [0.25, 0.3) is 5.79 Å². The first kappa shape index (κ1) is 28.3. The second kappa shape index (κ2) is 11.2. The quantitative estimate of drug-likeness (QED) is 0.144. The van der Waals surface area contributed by atoms with E-state index in [-0.39, 0.29) is 0 Å². The number of rotatable bonds is 9. The second-order valence-electron chi connectivity index (χ2n) is 8.24. The van der Waals surface area contributed by atoms with E-state index in [0.717, 1.165) is 6.92 Å². The highest BCUT2D eigenvalue weighted by atomic mass is 16.7. The molecule has 0 amide bonds. The maximum absolute atomic E-state index is 12.5. The molecule has 0 radical (unpaired) electrons. The van der Waals surface area contributed by atoms with E-state index in [4.69, 9.17) is 14.2 Å². The Balaban J connectivity index is 2.11. The van der Waals surface area contributed by atoms with Crippen molar-refractivity contribution in [1.82, 2.24) is 0 Å². The maximum atomic E-state index is 12.5. The van der Waals surface area contributed by atoms with Gasteiger partial charge in [0, 0.05) is 6.42 Å². The minimum Gasteiger partial charge on any atom is -0.394 e. The first-order valence-corrected chi connectivity index (χ1v) is 10.2. The number of ketones is 1. The molecular formula is C18H32O15. The van der Waals surface area contributed by atoms with E-state index in [1.54, 1.807) is 0 Å². The standard InChI is InChI=1S/C18H32O15/c1-5(20)10(23)6(21)2-9(22)18(30)16(29)14(27)12(25)8(33-18)4-31-17-15(28)13(26)11(24)7(3-19)32-17/h5-8,10-17,19-21,23-30H,2-4H2,1H3/t5?,6?,7?,8-,10?,11?,12-,13+,14+,15?,16-,17+,18-/m1/s1. The molecule has 194 valence electrons. The van der Waals surface area contributed by atoms with E-state index < -0.39 is 105 Å². The number of carbonyl (C=O) groups is 1. The summed E-state index contributed by atoms with van der Waals surface area (Å²) in [5, 5.41) is 108. The molecule has 15 nitrogen and oxygen atoms in total. The van der Waals surface area contributed by atoms with Gasteiger partial charge in [-0.3, -0.25) is 4.79 Å². The molecule has 2 saturated heterocycles. The summed E-state index contributed by atoms with van der Waals surface area (Å²) in [6.45, 7) is -0.402. The van der Waals surface area contributed by atoms with Gasteiger partial charge in [0.2, 0.25) is 0 Å². The van der Waals surface area contributed by atoms with Gasteiger partial charge in [-0.2, -0.15) is 0 Å². The van der Waals surface area contributed by atoms with Gasteiger partial charge in [0.05, 0.1) is 25.4 Å². The fourth-order valence-corrected chi connectivity index (χ4v) is 3.54. The minimum absolute atomic E-state index is 0.743. The maximum Gasteiger partial charge on any atom is 0.256 e. The Morgan fingerprint density at radius 1 is 0.939 bits per heavy atom. The van der Waals surface area contributed by atoms with Crippen LogP contribution in [-0.4, -0.2) is 154 Å². The smallest absolute Gasteiger partial charge is 0.256 e. The van der Waals surface area contributed by atoms with Crippen LogP contribution in [0.3, 0.4) is 0 Å². The van der Waals surface area contributed by atoms with Crippen LogP contribution in [0.2, 0.25) is 0 Å². The zero-order valence-electron chi connectivity index (χ0n) is 17.6. The number of ether oxygens (including phenoxy) is 3. The molecule has 0 aromatic heterocycles. The number of aliphatic hydroxyl groups is 11. The summed E-state index contributed by atoms with van der Waals surface area (Å²) in [5.41, 5.74) is 0. The predicted molar refractivity (Wildman–Crippen MR) is 101 cm³/mol. The summed E-state index contributed by atoms with van der Waals surface area (Å²) in [5.74, 6) is -4.56. The van der Waals surface area contributed by atoms with Crippen molar-refractivity contribution >= 4 is 5.78 Å². The third-order valence-corrected chi connectivity index (χ3v) is 5.74. The Bertz CT molecular complexity index is 646. The van der Waals surface area contributed by atoms with Gasteiger partial charge < -0.3 is 70.4 Å². The third kappa shape index (κ3) is 5.85. The average molecular weight is 488 g/mol. The Kier molecular flexibility index (Phi) is 9.65. The molecule has 0 spiro atoms. The van der Waals surface area contributed by atoms with E-state index in [2.05, 4.69) is 0 Å². The molecule has 0 bridgehead atoms. The van der Waals surface area contributed by atoms with E-state index in [9.17, 15) is 61.0 Å². The van der Waals surface area contributed by atoms with Crippen LogP contribution in [0.1, 0.15) is 13.3 Å². The topological polar surface area (TPSA) is 267 Å². The Morgan fingerprint density at radius 2 is 1.52 bits per heavy atom. The van der Waals surface area contributed by atoms with E-state index in [1.165, 1.54) is 0 Å². The van der Waals surface area contributed by atoms with Crippen LogP contribution < -0.4 is 0 Å². The lowest BCUT2D eigenvalue weighted by Crippen LogP contribution is -2.69. The van der Waals surface area contributed by atoms with Crippen molar-refractivity contribution in [3.05, 3.63) is 0 Å². The van der Waals surface area contributed by atoms with Crippen LogP contribution in [0.15, 0.2) is 0 Å². The molecule has 6 unspecified atom stereocenters.